The minimum Gasteiger partial charge on any atom is -0.481 e. The van der Waals surface area contributed by atoms with Crippen LogP contribution >= 0.6 is 0 Å². The highest BCUT2D eigenvalue weighted by Gasteiger charge is 2.48. The van der Waals surface area contributed by atoms with Crippen molar-refractivity contribution >= 4 is 21.7 Å². The topological polar surface area (TPSA) is 91.8 Å². The summed E-state index contributed by atoms with van der Waals surface area (Å²) in [5.74, 6) is -1.48. The Kier molecular flexibility index (Phi) is 5.56. The van der Waals surface area contributed by atoms with Gasteiger partial charge in [-0.3, -0.25) is 9.59 Å². The van der Waals surface area contributed by atoms with Crippen LogP contribution in [0.3, 0.4) is 0 Å². The highest BCUT2D eigenvalue weighted by molar-refractivity contribution is 7.91. The van der Waals surface area contributed by atoms with Gasteiger partial charge in [0, 0.05) is 13.1 Å². The number of aliphatic carboxylic acids is 1. The predicted octanol–water partition coefficient (Wildman–Crippen LogP) is 2.44. The van der Waals surface area contributed by atoms with E-state index in [1.165, 1.54) is 17.0 Å². The lowest BCUT2D eigenvalue weighted by molar-refractivity contribution is -0.150. The molecule has 1 N–H and O–H groups in total. The standard InChI is InChI=1S/C18H25NO5S/c1-4-11-25(23,24)15-8-6-5-7-14(15)16(20)19-10-9-18(12-19,13(2)3)17(21)22/h5-8,13H,4,9-12H2,1-3H3,(H,21,22). The molecule has 138 valence electrons. The van der Waals surface area contributed by atoms with Gasteiger partial charge in [0.2, 0.25) is 0 Å². The Morgan fingerprint density at radius 2 is 1.92 bits per heavy atom. The zero-order valence-electron chi connectivity index (χ0n) is 14.9. The number of nitrogens with zero attached hydrogens (tertiary/aromatic N) is 1. The molecule has 0 saturated carbocycles. The van der Waals surface area contributed by atoms with Crippen LogP contribution in [0.1, 0.15) is 44.0 Å². The van der Waals surface area contributed by atoms with Crippen LogP contribution in [0, 0.1) is 11.3 Å². The monoisotopic (exact) mass is 367 g/mol. The Morgan fingerprint density at radius 1 is 1.28 bits per heavy atom. The van der Waals surface area contributed by atoms with Crippen LogP contribution < -0.4 is 0 Å². The SMILES string of the molecule is CCCS(=O)(=O)c1ccccc1C(=O)N1CCC(C(=O)O)(C(C)C)C1. The van der Waals surface area contributed by atoms with E-state index in [-0.39, 0.29) is 28.7 Å². The Labute approximate surface area is 148 Å². The van der Waals surface area contributed by atoms with Crippen molar-refractivity contribution in [1.82, 2.24) is 4.90 Å². The van der Waals surface area contributed by atoms with E-state index in [9.17, 15) is 23.1 Å². The van der Waals surface area contributed by atoms with Gasteiger partial charge in [-0.1, -0.05) is 32.9 Å². The summed E-state index contributed by atoms with van der Waals surface area (Å²) in [6, 6.07) is 6.17. The third kappa shape index (κ3) is 3.56. The van der Waals surface area contributed by atoms with Crippen LogP contribution in [0.2, 0.25) is 0 Å². The first-order valence-corrected chi connectivity index (χ1v) is 10.2. The molecule has 0 spiro atoms. The zero-order chi connectivity index (χ0) is 18.8. The second kappa shape index (κ2) is 7.15. The fourth-order valence-corrected chi connectivity index (χ4v) is 4.90. The van der Waals surface area contributed by atoms with Crippen LogP contribution in [-0.4, -0.2) is 49.1 Å². The van der Waals surface area contributed by atoms with Crippen molar-refractivity contribution in [2.24, 2.45) is 11.3 Å². The van der Waals surface area contributed by atoms with E-state index in [2.05, 4.69) is 0 Å². The van der Waals surface area contributed by atoms with Crippen LogP contribution in [0.4, 0.5) is 0 Å². The first kappa shape index (κ1) is 19.4. The summed E-state index contributed by atoms with van der Waals surface area (Å²) >= 11 is 0. The van der Waals surface area contributed by atoms with E-state index in [4.69, 9.17) is 0 Å². The fourth-order valence-electron chi connectivity index (χ4n) is 3.36. The maximum Gasteiger partial charge on any atom is 0.311 e. The van der Waals surface area contributed by atoms with Crippen molar-refractivity contribution in [2.45, 2.75) is 38.5 Å². The number of carboxylic acids is 1. The molecule has 0 aliphatic carbocycles. The molecule has 6 nitrogen and oxygen atoms in total. The second-order valence-corrected chi connectivity index (χ2v) is 8.99. The summed E-state index contributed by atoms with van der Waals surface area (Å²) in [5.41, 5.74) is -0.853. The number of carboxylic acid groups (broad SMARTS) is 1. The van der Waals surface area contributed by atoms with E-state index >= 15 is 0 Å². The molecule has 0 aromatic heterocycles. The molecule has 2 rings (SSSR count). The maximum atomic E-state index is 12.9. The van der Waals surface area contributed by atoms with E-state index in [1.54, 1.807) is 19.1 Å². The van der Waals surface area contributed by atoms with Crippen LogP contribution in [0.15, 0.2) is 29.2 Å². The lowest BCUT2D eigenvalue weighted by atomic mass is 9.76. The van der Waals surface area contributed by atoms with Crippen molar-refractivity contribution in [3.05, 3.63) is 29.8 Å². The normalized spacial score (nSPS) is 20.9. The molecule has 1 heterocycles. The Morgan fingerprint density at radius 3 is 2.44 bits per heavy atom. The van der Waals surface area contributed by atoms with Crippen molar-refractivity contribution in [3.8, 4) is 0 Å². The summed E-state index contributed by atoms with van der Waals surface area (Å²) < 4.78 is 24.9. The smallest absolute Gasteiger partial charge is 0.311 e. The second-order valence-electron chi connectivity index (χ2n) is 6.91. The van der Waals surface area contributed by atoms with E-state index in [1.807, 2.05) is 13.8 Å². The van der Waals surface area contributed by atoms with Gasteiger partial charge in [-0.25, -0.2) is 8.42 Å². The minimum atomic E-state index is -3.54. The average molecular weight is 367 g/mol. The fraction of sp³-hybridized carbons (Fsp3) is 0.556. The highest BCUT2D eigenvalue weighted by atomic mass is 32.2. The number of hydrogen-bond donors (Lipinski definition) is 1. The molecule has 1 aliphatic heterocycles. The third-order valence-electron chi connectivity index (χ3n) is 5.04. The molecule has 1 aromatic rings. The van der Waals surface area contributed by atoms with Crippen LogP contribution in [0.5, 0.6) is 0 Å². The number of carbonyl (C=O) groups is 2. The van der Waals surface area contributed by atoms with Gasteiger partial charge in [-0.15, -0.1) is 0 Å². The molecule has 1 aliphatic rings. The minimum absolute atomic E-state index is 0.0254. The first-order valence-electron chi connectivity index (χ1n) is 8.50. The highest BCUT2D eigenvalue weighted by Crippen LogP contribution is 2.39. The van der Waals surface area contributed by atoms with Crippen molar-refractivity contribution in [1.29, 1.82) is 0 Å². The van der Waals surface area contributed by atoms with Gasteiger partial charge in [0.1, 0.15) is 0 Å². The summed E-state index contributed by atoms with van der Waals surface area (Å²) in [6.45, 7) is 5.85. The molecule has 1 saturated heterocycles. The maximum absolute atomic E-state index is 12.9. The van der Waals surface area contributed by atoms with Crippen molar-refractivity contribution in [3.63, 3.8) is 0 Å². The third-order valence-corrected chi connectivity index (χ3v) is 7.02. The molecular weight excluding hydrogens is 342 g/mol. The summed E-state index contributed by atoms with van der Waals surface area (Å²) in [6.07, 6.45) is 0.833. The van der Waals surface area contributed by atoms with Crippen LogP contribution in [0.25, 0.3) is 0 Å². The lowest BCUT2D eigenvalue weighted by Crippen LogP contribution is -2.40. The van der Waals surface area contributed by atoms with Gasteiger partial charge >= 0.3 is 5.97 Å². The molecule has 1 unspecified atom stereocenters. The summed E-state index contributed by atoms with van der Waals surface area (Å²) in [4.78, 5) is 26.2. The molecule has 0 radical (unpaired) electrons. The number of likely N-dealkylation sites (tertiary alicyclic amines) is 1. The first-order chi connectivity index (χ1) is 11.7. The van der Waals surface area contributed by atoms with Gasteiger partial charge in [0.15, 0.2) is 9.84 Å². The Hall–Kier alpha value is -1.89. The zero-order valence-corrected chi connectivity index (χ0v) is 15.7. The quantitative estimate of drug-likeness (QED) is 0.834. The average Bonchev–Trinajstić information content (AvgIpc) is 3.01. The van der Waals surface area contributed by atoms with E-state index in [0.29, 0.717) is 19.4 Å². The number of benzene rings is 1. The predicted molar refractivity (Wildman–Crippen MR) is 94.2 cm³/mol. The van der Waals surface area contributed by atoms with Gasteiger partial charge in [0.25, 0.3) is 5.91 Å². The lowest BCUT2D eigenvalue weighted by Gasteiger charge is -2.28. The molecule has 1 atom stereocenters. The number of carbonyl (C=O) groups excluding carboxylic acids is 1. The molecule has 0 bridgehead atoms. The van der Waals surface area contributed by atoms with Gasteiger partial charge < -0.3 is 10.0 Å². The largest absolute Gasteiger partial charge is 0.481 e. The van der Waals surface area contributed by atoms with Crippen molar-refractivity contribution in [2.75, 3.05) is 18.8 Å². The Balaban J connectivity index is 2.36. The van der Waals surface area contributed by atoms with E-state index in [0.717, 1.165) is 0 Å². The number of hydrogen-bond acceptors (Lipinski definition) is 4. The molecule has 7 heteroatoms. The van der Waals surface area contributed by atoms with Gasteiger partial charge in [0.05, 0.1) is 21.6 Å². The molecule has 1 fully saturated rings. The number of sulfone groups is 1. The number of rotatable bonds is 6. The molecular formula is C18H25NO5S. The Bertz CT molecular complexity index is 771. The molecule has 25 heavy (non-hydrogen) atoms. The van der Waals surface area contributed by atoms with E-state index < -0.39 is 27.1 Å². The van der Waals surface area contributed by atoms with Gasteiger partial charge in [-0.2, -0.15) is 0 Å². The number of amides is 1. The molecule has 1 amide bonds. The summed E-state index contributed by atoms with van der Waals surface area (Å²) in [7, 11) is -3.54. The molecule has 1 aromatic carbocycles. The summed E-state index contributed by atoms with van der Waals surface area (Å²) in [5, 5.41) is 9.62. The van der Waals surface area contributed by atoms with Crippen molar-refractivity contribution < 1.29 is 23.1 Å². The van der Waals surface area contributed by atoms with Crippen LogP contribution in [-0.2, 0) is 14.6 Å². The van der Waals surface area contributed by atoms with Gasteiger partial charge in [-0.05, 0) is 30.9 Å².